The first-order chi connectivity index (χ1) is 22.5. The van der Waals surface area contributed by atoms with Crippen LogP contribution in [0.2, 0.25) is 13.1 Å². The van der Waals surface area contributed by atoms with Crippen molar-refractivity contribution in [2.45, 2.75) is 47.0 Å². The third kappa shape index (κ3) is 5.83. The monoisotopic (exact) mass is 773 g/mol. The summed E-state index contributed by atoms with van der Waals surface area (Å²) in [5, 5.41) is 0. The van der Waals surface area contributed by atoms with Crippen LogP contribution < -0.4 is 8.97 Å². The molecule has 0 spiro atoms. The first-order valence-electron chi connectivity index (χ1n) is 17.6. The third-order valence-corrected chi connectivity index (χ3v) is 63.1. The molecule has 2 atom stereocenters. The van der Waals surface area contributed by atoms with Crippen molar-refractivity contribution in [1.82, 2.24) is 8.97 Å². The van der Waals surface area contributed by atoms with Gasteiger partial charge in [0, 0.05) is 0 Å². The molecule has 0 N–H and O–H groups in total. The zero-order valence-electron chi connectivity index (χ0n) is 30.5. The van der Waals surface area contributed by atoms with Gasteiger partial charge in [-0.05, 0) is 0 Å². The van der Waals surface area contributed by atoms with Crippen LogP contribution in [0.5, 0.6) is 0 Å². The number of nitrogens with zero attached hydrogens (tertiary/aromatic N) is 2. The Morgan fingerprint density at radius 2 is 0.917 bits per heavy atom. The summed E-state index contributed by atoms with van der Waals surface area (Å²) in [7, 11) is 30.5. The molecular formula is C42H53Cl2N2SiZr+2. The van der Waals surface area contributed by atoms with Crippen molar-refractivity contribution in [3.8, 4) is 22.3 Å². The molecule has 0 amide bonds. The average molecular weight is 776 g/mol. The fourth-order valence-electron chi connectivity index (χ4n) is 8.36. The van der Waals surface area contributed by atoms with E-state index in [9.17, 15) is 0 Å². The van der Waals surface area contributed by atoms with Crippen LogP contribution in [0.15, 0.2) is 96.1 Å². The fourth-order valence-corrected chi connectivity index (χ4v) is 40.2. The van der Waals surface area contributed by atoms with Crippen molar-refractivity contribution in [1.29, 1.82) is 0 Å². The van der Waals surface area contributed by atoms with Crippen molar-refractivity contribution >= 4 is 46.5 Å². The molecule has 0 aromatic heterocycles. The molecule has 0 heterocycles. The van der Waals surface area contributed by atoms with E-state index in [2.05, 4.69) is 166 Å². The predicted molar refractivity (Wildman–Crippen MR) is 215 cm³/mol. The minimum absolute atomic E-state index is 0.102. The molecule has 0 fully saturated rings. The number of hydrogen-bond donors (Lipinski definition) is 0. The molecule has 0 aliphatic heterocycles. The second-order valence-electron chi connectivity index (χ2n) is 16.1. The first kappa shape index (κ1) is 35.8. The minimum atomic E-state index is -4.80. The van der Waals surface area contributed by atoms with Crippen LogP contribution in [0.4, 0.5) is 11.4 Å². The van der Waals surface area contributed by atoms with E-state index >= 15 is 0 Å². The van der Waals surface area contributed by atoms with E-state index in [0.717, 1.165) is 21.8 Å². The van der Waals surface area contributed by atoms with Crippen molar-refractivity contribution in [3.63, 3.8) is 0 Å². The molecule has 2 aliphatic carbocycles. The van der Waals surface area contributed by atoms with Gasteiger partial charge in [-0.15, -0.1) is 0 Å². The Labute approximate surface area is 298 Å². The molecule has 48 heavy (non-hydrogen) atoms. The zero-order chi connectivity index (χ0) is 34.8. The number of allylic oxidation sites excluding steroid dienone is 2. The molecule has 2 unspecified atom stereocenters. The quantitative estimate of drug-likeness (QED) is 0.117. The van der Waals surface area contributed by atoms with Gasteiger partial charge in [0.2, 0.25) is 0 Å². The number of quaternary nitrogens is 2. The number of rotatable bonds is 9. The molecule has 0 saturated heterocycles. The summed E-state index contributed by atoms with van der Waals surface area (Å²) in [5.41, 5.74) is 15.8. The van der Waals surface area contributed by atoms with Gasteiger partial charge in [-0.3, -0.25) is 0 Å². The molecule has 4 aromatic rings. The number of halogens is 2. The standard InChI is InChI=1S/2C20H23N.C2H7Si.2ClH.Zr/c2*1-5-15-13-17-7-6-8-19(20(17)14-15)16-9-11-18(12-10-16)21(2,3)4;1-3-2;;;/h2*6-14H,5H2,1-4H3;3H,1-2H3;2*1H;/q2*+1;;;;+2/p-2. The van der Waals surface area contributed by atoms with E-state index < -0.39 is 21.5 Å². The Hall–Kier alpha value is -2.04. The Morgan fingerprint density at radius 3 is 1.21 bits per heavy atom. The third-order valence-electron chi connectivity index (χ3n) is 11.2. The second-order valence-corrected chi connectivity index (χ2v) is 58.6. The average Bonchev–Trinajstić information content (AvgIpc) is 3.64. The van der Waals surface area contributed by atoms with Crippen LogP contribution in [0.1, 0.15) is 56.2 Å². The molecule has 0 saturated carbocycles. The Morgan fingerprint density at radius 1 is 0.562 bits per heavy atom. The number of benzene rings is 4. The van der Waals surface area contributed by atoms with Gasteiger partial charge >= 0.3 is 301 Å². The van der Waals surface area contributed by atoms with Gasteiger partial charge in [0.1, 0.15) is 0 Å². The molecule has 6 rings (SSSR count). The van der Waals surface area contributed by atoms with Crippen LogP contribution in [0.25, 0.3) is 34.4 Å². The van der Waals surface area contributed by atoms with Gasteiger partial charge in [0.25, 0.3) is 0 Å². The van der Waals surface area contributed by atoms with E-state index in [0.29, 0.717) is 0 Å². The van der Waals surface area contributed by atoms with Crippen LogP contribution in [0.3, 0.4) is 0 Å². The number of fused-ring (bicyclic) bond motifs is 2. The summed E-state index contributed by atoms with van der Waals surface area (Å²) in [6.07, 6.45) is 6.84. The zero-order valence-corrected chi connectivity index (χ0v) is 35.7. The molecule has 0 bridgehead atoms. The molecule has 251 valence electrons. The fraction of sp³-hybridized carbons (Fsp3) is 0.333. The Kier molecular flexibility index (Phi) is 9.41. The molecular weight excluding hydrogens is 723 g/mol. The van der Waals surface area contributed by atoms with Gasteiger partial charge in [0.15, 0.2) is 0 Å². The van der Waals surface area contributed by atoms with Crippen LogP contribution >= 0.6 is 17.0 Å². The first-order valence-corrected chi connectivity index (χ1v) is 33.9. The SMILES string of the molecule is CCC1=Cc2c(-c3ccc([N+](C)(C)C)cc3)cccc2[CH]1[Zr]([Cl])([Cl])([CH]1C(CC)=Cc2c(-c3ccc([N+](C)(C)C)cc3)cccc21)[SiH](C)C. The van der Waals surface area contributed by atoms with E-state index in [-0.39, 0.29) is 7.25 Å². The van der Waals surface area contributed by atoms with Crippen molar-refractivity contribution in [2.24, 2.45) is 0 Å². The molecule has 4 aromatic carbocycles. The van der Waals surface area contributed by atoms with Gasteiger partial charge in [-0.2, -0.15) is 0 Å². The summed E-state index contributed by atoms with van der Waals surface area (Å²) in [4.78, 5) is 0. The molecule has 2 aliphatic rings. The van der Waals surface area contributed by atoms with Crippen molar-refractivity contribution in [2.75, 3.05) is 42.3 Å². The van der Waals surface area contributed by atoms with Gasteiger partial charge in [0.05, 0.1) is 0 Å². The Balaban J connectivity index is 1.51. The normalized spacial score (nSPS) is 18.6. The van der Waals surface area contributed by atoms with Crippen molar-refractivity contribution in [3.05, 3.63) is 118 Å². The van der Waals surface area contributed by atoms with E-state index in [1.165, 1.54) is 67.0 Å². The van der Waals surface area contributed by atoms with E-state index in [1.54, 1.807) is 0 Å². The topological polar surface area (TPSA) is 0 Å². The molecule has 6 heteroatoms. The van der Waals surface area contributed by atoms with Crippen LogP contribution in [-0.4, -0.2) is 48.2 Å². The predicted octanol–water partition coefficient (Wildman–Crippen LogP) is 11.8. The summed E-state index contributed by atoms with van der Waals surface area (Å²) in [5.74, 6) is -1.62. The summed E-state index contributed by atoms with van der Waals surface area (Å²) < 4.78 is 1.80. The summed E-state index contributed by atoms with van der Waals surface area (Å²) in [6.45, 7) is 9.48. The summed E-state index contributed by atoms with van der Waals surface area (Å²) >= 11 is -4.80. The summed E-state index contributed by atoms with van der Waals surface area (Å²) in [6, 6.07) is 31.9. The van der Waals surface area contributed by atoms with Gasteiger partial charge in [-0.25, -0.2) is 0 Å². The molecule has 0 radical (unpaired) electrons. The molecule has 2 nitrogen and oxygen atoms in total. The van der Waals surface area contributed by atoms with Crippen LogP contribution in [0, 0.1) is 0 Å². The van der Waals surface area contributed by atoms with Crippen molar-refractivity contribution < 1.29 is 15.6 Å². The van der Waals surface area contributed by atoms with E-state index in [4.69, 9.17) is 17.0 Å². The Bertz CT molecular complexity index is 1790. The van der Waals surface area contributed by atoms with Crippen LogP contribution in [-0.2, 0) is 15.6 Å². The maximum absolute atomic E-state index is 8.63. The number of hydrogen-bond acceptors (Lipinski definition) is 0. The van der Waals surface area contributed by atoms with Gasteiger partial charge in [-0.1, -0.05) is 0 Å². The van der Waals surface area contributed by atoms with E-state index in [1.807, 2.05) is 0 Å². The second kappa shape index (κ2) is 12.6. The van der Waals surface area contributed by atoms with Gasteiger partial charge < -0.3 is 0 Å². The maximum atomic E-state index is 8.63.